The molecule has 0 saturated heterocycles. The Hall–Kier alpha value is -3.63. The molecule has 2 heterocycles. The third kappa shape index (κ3) is 4.68. The number of hydrogen-bond acceptors (Lipinski definition) is 8. The first kappa shape index (κ1) is 23.5. The Morgan fingerprint density at radius 1 is 1.15 bits per heavy atom. The van der Waals surface area contributed by atoms with Gasteiger partial charge in [0, 0.05) is 24.3 Å². The summed E-state index contributed by atoms with van der Waals surface area (Å²) in [6.07, 6.45) is 0. The lowest BCUT2D eigenvalue weighted by Gasteiger charge is -2.10. The van der Waals surface area contributed by atoms with Crippen molar-refractivity contribution in [3.8, 4) is 22.1 Å². The molecule has 0 aliphatic rings. The Morgan fingerprint density at radius 2 is 1.91 bits per heavy atom. The minimum atomic E-state index is -0.418. The number of nitrogens with one attached hydrogen (secondary N) is 1. The SMILES string of the molecule is COc1ccc(-c2nc(C)c(C(=O)Nc3ccc4oc(=O)n(CCN(C)C)c4c3)s2)cc1OC. The molecule has 2 aromatic heterocycles. The molecule has 0 fully saturated rings. The quantitative estimate of drug-likeness (QED) is 0.407. The van der Waals surface area contributed by atoms with E-state index in [2.05, 4.69) is 10.3 Å². The number of rotatable bonds is 8. The largest absolute Gasteiger partial charge is 0.493 e. The normalized spacial score (nSPS) is 11.2. The molecule has 0 aliphatic heterocycles. The Balaban J connectivity index is 1.59. The average molecular weight is 483 g/mol. The van der Waals surface area contributed by atoms with Crippen molar-refractivity contribution in [3.63, 3.8) is 0 Å². The second kappa shape index (κ2) is 9.70. The molecule has 0 aliphatic carbocycles. The molecule has 0 atom stereocenters. The number of aromatic nitrogens is 2. The van der Waals surface area contributed by atoms with Crippen molar-refractivity contribution in [2.24, 2.45) is 0 Å². The third-order valence-electron chi connectivity index (χ3n) is 5.33. The number of hydrogen-bond donors (Lipinski definition) is 1. The number of fused-ring (bicyclic) bond motifs is 1. The van der Waals surface area contributed by atoms with Gasteiger partial charge in [-0.3, -0.25) is 9.36 Å². The highest BCUT2D eigenvalue weighted by Crippen LogP contribution is 2.35. The summed E-state index contributed by atoms with van der Waals surface area (Å²) in [6, 6.07) is 10.7. The van der Waals surface area contributed by atoms with Gasteiger partial charge in [0.15, 0.2) is 17.1 Å². The minimum absolute atomic E-state index is 0.272. The van der Waals surface area contributed by atoms with E-state index in [1.54, 1.807) is 50.0 Å². The van der Waals surface area contributed by atoms with Crippen molar-refractivity contribution in [1.82, 2.24) is 14.5 Å². The molecular weight excluding hydrogens is 456 g/mol. The molecule has 0 saturated carbocycles. The molecule has 0 bridgehead atoms. The van der Waals surface area contributed by atoms with Crippen LogP contribution in [0, 0.1) is 6.92 Å². The topological polar surface area (TPSA) is 98.8 Å². The van der Waals surface area contributed by atoms with Crippen LogP contribution in [-0.2, 0) is 6.54 Å². The van der Waals surface area contributed by atoms with E-state index in [-0.39, 0.29) is 5.91 Å². The summed E-state index contributed by atoms with van der Waals surface area (Å²) in [7, 11) is 7.03. The van der Waals surface area contributed by atoms with Gasteiger partial charge >= 0.3 is 5.76 Å². The van der Waals surface area contributed by atoms with E-state index in [1.165, 1.54) is 11.3 Å². The number of likely N-dealkylation sites (N-methyl/N-ethyl adjacent to an activating group) is 1. The maximum absolute atomic E-state index is 13.1. The minimum Gasteiger partial charge on any atom is -0.493 e. The number of ether oxygens (including phenoxy) is 2. The summed E-state index contributed by atoms with van der Waals surface area (Å²) in [4.78, 5) is 32.4. The Labute approximate surface area is 200 Å². The fourth-order valence-electron chi connectivity index (χ4n) is 3.54. The second-order valence-corrected chi connectivity index (χ2v) is 8.96. The highest BCUT2D eigenvalue weighted by Gasteiger charge is 2.18. The number of anilines is 1. The third-order valence-corrected chi connectivity index (χ3v) is 6.53. The van der Waals surface area contributed by atoms with Crippen LogP contribution in [-0.4, -0.2) is 55.2 Å². The van der Waals surface area contributed by atoms with E-state index >= 15 is 0 Å². The maximum Gasteiger partial charge on any atom is 0.419 e. The van der Waals surface area contributed by atoms with Gasteiger partial charge in [0.1, 0.15) is 9.88 Å². The highest BCUT2D eigenvalue weighted by atomic mass is 32.1. The first-order valence-electron chi connectivity index (χ1n) is 10.6. The summed E-state index contributed by atoms with van der Waals surface area (Å²) in [6.45, 7) is 2.97. The lowest BCUT2D eigenvalue weighted by atomic mass is 10.2. The zero-order valence-electron chi connectivity index (χ0n) is 19.7. The van der Waals surface area contributed by atoms with E-state index in [0.29, 0.717) is 57.0 Å². The van der Waals surface area contributed by atoms with Crippen LogP contribution < -0.4 is 20.5 Å². The van der Waals surface area contributed by atoms with Crippen LogP contribution in [0.1, 0.15) is 15.4 Å². The lowest BCUT2D eigenvalue weighted by Crippen LogP contribution is -2.23. The van der Waals surface area contributed by atoms with Crippen molar-refractivity contribution in [2.75, 3.05) is 40.2 Å². The van der Waals surface area contributed by atoms with Crippen LogP contribution in [0.2, 0.25) is 0 Å². The Bertz CT molecular complexity index is 1400. The van der Waals surface area contributed by atoms with E-state index < -0.39 is 5.76 Å². The van der Waals surface area contributed by atoms with Crippen molar-refractivity contribution in [1.29, 1.82) is 0 Å². The number of oxazole rings is 1. The van der Waals surface area contributed by atoms with Crippen LogP contribution in [0.15, 0.2) is 45.6 Å². The molecule has 1 N–H and O–H groups in total. The standard InChI is InChI=1S/C24H26N4O5S/c1-14-21(34-23(25-14)15-6-8-19(31-4)20(12-15)32-5)22(29)26-16-7-9-18-17(13-16)28(24(30)33-18)11-10-27(2)3/h6-9,12-13H,10-11H2,1-5H3,(H,26,29). The molecule has 0 unspecified atom stereocenters. The van der Waals surface area contributed by atoms with Crippen molar-refractivity contribution in [2.45, 2.75) is 13.5 Å². The van der Waals surface area contributed by atoms with Crippen molar-refractivity contribution < 1.29 is 18.7 Å². The van der Waals surface area contributed by atoms with Crippen molar-refractivity contribution in [3.05, 3.63) is 57.5 Å². The summed E-state index contributed by atoms with van der Waals surface area (Å²) >= 11 is 1.30. The number of aryl methyl sites for hydroxylation is 1. The highest BCUT2D eigenvalue weighted by molar-refractivity contribution is 7.17. The van der Waals surface area contributed by atoms with E-state index in [1.807, 2.05) is 31.1 Å². The van der Waals surface area contributed by atoms with Crippen LogP contribution in [0.5, 0.6) is 11.5 Å². The van der Waals surface area contributed by atoms with Crippen LogP contribution >= 0.6 is 11.3 Å². The van der Waals surface area contributed by atoms with Gasteiger partial charge in [-0.05, 0) is 57.4 Å². The van der Waals surface area contributed by atoms with Gasteiger partial charge in [0.05, 0.1) is 25.4 Å². The summed E-state index contributed by atoms with van der Waals surface area (Å²) in [5.41, 5.74) is 3.13. The molecule has 2 aromatic carbocycles. The van der Waals surface area contributed by atoms with Gasteiger partial charge in [-0.1, -0.05) is 0 Å². The summed E-state index contributed by atoms with van der Waals surface area (Å²) in [5, 5.41) is 3.62. The smallest absolute Gasteiger partial charge is 0.419 e. The second-order valence-electron chi connectivity index (χ2n) is 7.96. The van der Waals surface area contributed by atoms with Gasteiger partial charge in [-0.2, -0.15) is 0 Å². The first-order chi connectivity index (χ1) is 16.3. The zero-order chi connectivity index (χ0) is 24.4. The number of carbonyl (C=O) groups excluding carboxylic acids is 1. The molecular formula is C24H26N4O5S. The van der Waals surface area contributed by atoms with Gasteiger partial charge in [-0.25, -0.2) is 9.78 Å². The van der Waals surface area contributed by atoms with Crippen molar-refractivity contribution >= 4 is 34.0 Å². The Morgan fingerprint density at radius 3 is 2.62 bits per heavy atom. The predicted molar refractivity (Wildman–Crippen MR) is 132 cm³/mol. The molecule has 10 heteroatoms. The number of carbonyl (C=O) groups is 1. The van der Waals surface area contributed by atoms with E-state index in [4.69, 9.17) is 13.9 Å². The van der Waals surface area contributed by atoms with Gasteiger partial charge < -0.3 is 24.1 Å². The maximum atomic E-state index is 13.1. The van der Waals surface area contributed by atoms with Crippen LogP contribution in [0.4, 0.5) is 5.69 Å². The predicted octanol–water partition coefficient (Wildman–Crippen LogP) is 3.86. The number of amides is 1. The average Bonchev–Trinajstić information content (AvgIpc) is 3.36. The number of methoxy groups -OCH3 is 2. The molecule has 4 aromatic rings. The number of nitrogens with zero attached hydrogens (tertiary/aromatic N) is 3. The monoisotopic (exact) mass is 482 g/mol. The molecule has 1 amide bonds. The molecule has 178 valence electrons. The molecule has 0 radical (unpaired) electrons. The lowest BCUT2D eigenvalue weighted by molar-refractivity contribution is 0.103. The summed E-state index contributed by atoms with van der Waals surface area (Å²) in [5.74, 6) is 0.522. The van der Waals surface area contributed by atoms with Gasteiger partial charge in [-0.15, -0.1) is 11.3 Å². The van der Waals surface area contributed by atoms with Gasteiger partial charge in [0.2, 0.25) is 0 Å². The van der Waals surface area contributed by atoms with E-state index in [0.717, 1.165) is 5.56 Å². The van der Waals surface area contributed by atoms with Crippen LogP contribution in [0.3, 0.4) is 0 Å². The van der Waals surface area contributed by atoms with Crippen LogP contribution in [0.25, 0.3) is 21.7 Å². The van der Waals surface area contributed by atoms with Gasteiger partial charge in [0.25, 0.3) is 5.91 Å². The number of thiazole rings is 1. The van der Waals surface area contributed by atoms with E-state index in [9.17, 15) is 9.59 Å². The Kier molecular flexibility index (Phi) is 6.71. The fraction of sp³-hybridized carbons (Fsp3) is 0.292. The fourth-order valence-corrected chi connectivity index (χ4v) is 4.50. The number of benzene rings is 2. The molecule has 4 rings (SSSR count). The molecule has 34 heavy (non-hydrogen) atoms. The summed E-state index contributed by atoms with van der Waals surface area (Å²) < 4.78 is 17.6. The first-order valence-corrected chi connectivity index (χ1v) is 11.4. The molecule has 9 nitrogen and oxygen atoms in total. The molecule has 0 spiro atoms. The zero-order valence-corrected chi connectivity index (χ0v) is 20.5.